The third-order valence-corrected chi connectivity index (χ3v) is 4.26. The molecule has 0 amide bonds. The van der Waals surface area contributed by atoms with Gasteiger partial charge in [0.05, 0.1) is 0 Å². The summed E-state index contributed by atoms with van der Waals surface area (Å²) in [6, 6.07) is 31.1. The van der Waals surface area contributed by atoms with E-state index < -0.39 is 0 Å². The van der Waals surface area contributed by atoms with Crippen LogP contribution in [-0.2, 0) is 0 Å². The maximum atomic E-state index is 5.70. The summed E-state index contributed by atoms with van der Waals surface area (Å²) in [5.41, 5.74) is 30.2. The number of rotatable bonds is 2. The fraction of sp³-hybridized carbons (Fsp3) is 0. The van der Waals surface area contributed by atoms with Crippen molar-refractivity contribution in [3.8, 4) is 22.3 Å². The molecule has 0 heterocycles. The molecule has 4 aromatic rings. The maximum absolute atomic E-state index is 5.70. The first-order chi connectivity index (χ1) is 13.5. The van der Waals surface area contributed by atoms with Gasteiger partial charge in [-0.1, -0.05) is 48.5 Å². The molecule has 4 aromatic carbocycles. The molecule has 140 valence electrons. The Morgan fingerprint density at radius 3 is 1.00 bits per heavy atom. The van der Waals surface area contributed by atoms with Gasteiger partial charge in [-0.3, -0.25) is 0 Å². The minimum Gasteiger partial charge on any atom is -0.399 e. The highest BCUT2D eigenvalue weighted by Gasteiger charge is 1.98. The van der Waals surface area contributed by atoms with Crippen molar-refractivity contribution in [3.05, 3.63) is 97.1 Å². The Labute approximate surface area is 165 Å². The van der Waals surface area contributed by atoms with Crippen LogP contribution in [0.15, 0.2) is 97.1 Å². The molecule has 0 radical (unpaired) electrons. The number of hydrogen-bond acceptors (Lipinski definition) is 4. The van der Waals surface area contributed by atoms with Crippen molar-refractivity contribution in [1.29, 1.82) is 0 Å². The number of nitrogen functional groups attached to an aromatic ring is 4. The molecular formula is C24H24N4. The molecule has 0 aliphatic carbocycles. The van der Waals surface area contributed by atoms with Crippen LogP contribution < -0.4 is 22.9 Å². The molecule has 0 aromatic heterocycles. The molecule has 0 saturated carbocycles. The Balaban J connectivity index is 0.000000161. The molecule has 0 aliphatic rings. The van der Waals surface area contributed by atoms with Gasteiger partial charge in [0.25, 0.3) is 0 Å². The lowest BCUT2D eigenvalue weighted by Gasteiger charge is -2.03. The normalized spacial score (nSPS) is 10.0. The van der Waals surface area contributed by atoms with Crippen LogP contribution in [0, 0.1) is 0 Å². The van der Waals surface area contributed by atoms with Crippen molar-refractivity contribution in [3.63, 3.8) is 0 Å². The average Bonchev–Trinajstić information content (AvgIpc) is 2.70. The zero-order chi connectivity index (χ0) is 19.9. The molecule has 4 nitrogen and oxygen atoms in total. The Morgan fingerprint density at radius 2 is 0.679 bits per heavy atom. The number of nitrogens with two attached hydrogens (primary N) is 4. The standard InChI is InChI=1S/2C12H12N2/c13-11-5-1-9(2-6-11)10-3-7-12(14)8-4-10;13-11-5-1-3-9(7-11)10-4-2-6-12(14)8-10/h2*1-8H,13-14H2. The topological polar surface area (TPSA) is 104 Å². The largest absolute Gasteiger partial charge is 0.399 e. The summed E-state index contributed by atoms with van der Waals surface area (Å²) in [4.78, 5) is 0. The summed E-state index contributed by atoms with van der Waals surface area (Å²) in [5, 5.41) is 0. The first-order valence-electron chi connectivity index (χ1n) is 8.94. The van der Waals surface area contributed by atoms with E-state index in [2.05, 4.69) is 0 Å². The minimum atomic E-state index is 0.768. The van der Waals surface area contributed by atoms with Gasteiger partial charge in [-0.05, 0) is 70.8 Å². The number of hydrogen-bond donors (Lipinski definition) is 4. The van der Waals surface area contributed by atoms with Gasteiger partial charge in [0.2, 0.25) is 0 Å². The Kier molecular flexibility index (Phi) is 5.82. The fourth-order valence-corrected chi connectivity index (χ4v) is 2.79. The summed E-state index contributed by atoms with van der Waals surface area (Å²) >= 11 is 0. The van der Waals surface area contributed by atoms with E-state index in [0.717, 1.165) is 45.0 Å². The number of anilines is 4. The molecular weight excluding hydrogens is 344 g/mol. The lowest BCUT2D eigenvalue weighted by molar-refractivity contribution is 1.61. The van der Waals surface area contributed by atoms with Crippen molar-refractivity contribution in [2.45, 2.75) is 0 Å². The van der Waals surface area contributed by atoms with E-state index in [1.165, 1.54) is 0 Å². The summed E-state index contributed by atoms with van der Waals surface area (Å²) in [7, 11) is 0. The average molecular weight is 368 g/mol. The third kappa shape index (κ3) is 5.05. The highest BCUT2D eigenvalue weighted by atomic mass is 14.6. The van der Waals surface area contributed by atoms with Gasteiger partial charge in [0.1, 0.15) is 0 Å². The van der Waals surface area contributed by atoms with Gasteiger partial charge in [0.15, 0.2) is 0 Å². The first kappa shape index (κ1) is 18.9. The second kappa shape index (κ2) is 8.64. The van der Waals surface area contributed by atoms with Crippen LogP contribution in [0.25, 0.3) is 22.3 Å². The van der Waals surface area contributed by atoms with Crippen LogP contribution in [0.2, 0.25) is 0 Å². The molecule has 0 fully saturated rings. The Hall–Kier alpha value is -3.92. The maximum Gasteiger partial charge on any atom is 0.0320 e. The molecule has 0 aliphatic heterocycles. The lowest BCUT2D eigenvalue weighted by atomic mass is 10.0. The van der Waals surface area contributed by atoms with Crippen molar-refractivity contribution in [1.82, 2.24) is 0 Å². The zero-order valence-corrected chi connectivity index (χ0v) is 15.5. The molecule has 4 rings (SSSR count). The van der Waals surface area contributed by atoms with Crippen LogP contribution in [0.3, 0.4) is 0 Å². The second-order valence-electron chi connectivity index (χ2n) is 6.49. The van der Waals surface area contributed by atoms with Gasteiger partial charge in [0, 0.05) is 22.7 Å². The Morgan fingerprint density at radius 1 is 0.321 bits per heavy atom. The highest BCUT2D eigenvalue weighted by molar-refractivity contribution is 5.70. The van der Waals surface area contributed by atoms with E-state index in [-0.39, 0.29) is 0 Å². The predicted molar refractivity (Wildman–Crippen MR) is 121 cm³/mol. The smallest absolute Gasteiger partial charge is 0.0320 e. The first-order valence-corrected chi connectivity index (χ1v) is 8.94. The van der Waals surface area contributed by atoms with Gasteiger partial charge in [-0.25, -0.2) is 0 Å². The molecule has 0 atom stereocenters. The van der Waals surface area contributed by atoms with E-state index in [4.69, 9.17) is 22.9 Å². The predicted octanol–water partition coefficient (Wildman–Crippen LogP) is 5.04. The number of benzene rings is 4. The van der Waals surface area contributed by atoms with Crippen molar-refractivity contribution in [2.24, 2.45) is 0 Å². The summed E-state index contributed by atoms with van der Waals surface area (Å²) in [5.74, 6) is 0. The molecule has 28 heavy (non-hydrogen) atoms. The summed E-state index contributed by atoms with van der Waals surface area (Å²) in [6.07, 6.45) is 0. The van der Waals surface area contributed by atoms with Gasteiger partial charge >= 0.3 is 0 Å². The summed E-state index contributed by atoms with van der Waals surface area (Å²) in [6.45, 7) is 0. The highest BCUT2D eigenvalue weighted by Crippen LogP contribution is 2.23. The lowest BCUT2D eigenvalue weighted by Crippen LogP contribution is -1.87. The van der Waals surface area contributed by atoms with Gasteiger partial charge < -0.3 is 22.9 Å². The van der Waals surface area contributed by atoms with Crippen LogP contribution in [0.1, 0.15) is 0 Å². The Bertz CT molecular complexity index is 952. The van der Waals surface area contributed by atoms with Crippen LogP contribution in [-0.4, -0.2) is 0 Å². The molecule has 4 heteroatoms. The molecule has 0 saturated heterocycles. The molecule has 0 bridgehead atoms. The SMILES string of the molecule is Nc1ccc(-c2ccc(N)cc2)cc1.Nc1cccc(-c2cccc(N)c2)c1. The molecule has 8 N–H and O–H groups in total. The van der Waals surface area contributed by atoms with E-state index in [1.54, 1.807) is 0 Å². The van der Waals surface area contributed by atoms with E-state index in [9.17, 15) is 0 Å². The van der Waals surface area contributed by atoms with Gasteiger partial charge in [-0.15, -0.1) is 0 Å². The minimum absolute atomic E-state index is 0.768. The van der Waals surface area contributed by atoms with E-state index in [0.29, 0.717) is 0 Å². The van der Waals surface area contributed by atoms with Crippen molar-refractivity contribution in [2.75, 3.05) is 22.9 Å². The van der Waals surface area contributed by atoms with Crippen molar-refractivity contribution < 1.29 is 0 Å². The van der Waals surface area contributed by atoms with Gasteiger partial charge in [-0.2, -0.15) is 0 Å². The third-order valence-electron chi connectivity index (χ3n) is 4.26. The van der Waals surface area contributed by atoms with E-state index in [1.807, 2.05) is 97.1 Å². The molecule has 0 unspecified atom stereocenters. The second-order valence-corrected chi connectivity index (χ2v) is 6.49. The fourth-order valence-electron chi connectivity index (χ4n) is 2.79. The van der Waals surface area contributed by atoms with Crippen molar-refractivity contribution >= 4 is 22.7 Å². The van der Waals surface area contributed by atoms with Crippen LogP contribution in [0.5, 0.6) is 0 Å². The summed E-state index contributed by atoms with van der Waals surface area (Å²) < 4.78 is 0. The monoisotopic (exact) mass is 368 g/mol. The van der Waals surface area contributed by atoms with Crippen LogP contribution >= 0.6 is 0 Å². The van der Waals surface area contributed by atoms with E-state index >= 15 is 0 Å². The van der Waals surface area contributed by atoms with Crippen LogP contribution in [0.4, 0.5) is 22.7 Å². The quantitative estimate of drug-likeness (QED) is 0.372. The molecule has 0 spiro atoms. The zero-order valence-electron chi connectivity index (χ0n) is 15.5.